The van der Waals surface area contributed by atoms with Crippen molar-refractivity contribution >= 4 is 35.0 Å². The molecule has 1 N–H and O–H groups in total. The van der Waals surface area contributed by atoms with Gasteiger partial charge in [-0.3, -0.25) is 9.36 Å². The van der Waals surface area contributed by atoms with Crippen molar-refractivity contribution in [3.8, 4) is 17.1 Å². The van der Waals surface area contributed by atoms with E-state index < -0.39 is 16.9 Å². The fraction of sp³-hybridized carbons (Fsp3) is 0.0870. The SMILES string of the molecule is CC(Sc1nnc(-c2ccccc2F)n1-c1ccccc1)C(=O)Nc1ccc(F)cc1Cl. The second-order valence-electron chi connectivity index (χ2n) is 6.83. The average molecular weight is 471 g/mol. The quantitative estimate of drug-likeness (QED) is 0.352. The molecule has 0 saturated heterocycles. The van der Waals surface area contributed by atoms with Crippen molar-refractivity contribution in [2.45, 2.75) is 17.3 Å². The summed E-state index contributed by atoms with van der Waals surface area (Å²) in [6.07, 6.45) is 0. The van der Waals surface area contributed by atoms with Gasteiger partial charge in [-0.2, -0.15) is 0 Å². The third kappa shape index (κ3) is 4.66. The van der Waals surface area contributed by atoms with Crippen LogP contribution in [-0.4, -0.2) is 25.9 Å². The number of nitrogens with zero attached hydrogens (tertiary/aromatic N) is 3. The lowest BCUT2D eigenvalue weighted by molar-refractivity contribution is -0.115. The summed E-state index contributed by atoms with van der Waals surface area (Å²) in [5.74, 6) is -0.943. The molecule has 1 atom stereocenters. The van der Waals surface area contributed by atoms with Crippen molar-refractivity contribution < 1.29 is 13.6 Å². The number of para-hydroxylation sites is 1. The molecule has 5 nitrogen and oxygen atoms in total. The van der Waals surface area contributed by atoms with E-state index in [9.17, 15) is 13.6 Å². The van der Waals surface area contributed by atoms with E-state index in [0.717, 1.165) is 23.5 Å². The summed E-state index contributed by atoms with van der Waals surface area (Å²) >= 11 is 7.17. The van der Waals surface area contributed by atoms with Gasteiger partial charge in [0.1, 0.15) is 11.6 Å². The number of carbonyl (C=O) groups excluding carboxylic acids is 1. The lowest BCUT2D eigenvalue weighted by Gasteiger charge is -2.14. The van der Waals surface area contributed by atoms with Crippen LogP contribution in [0.5, 0.6) is 0 Å². The Morgan fingerprint density at radius 1 is 1.03 bits per heavy atom. The molecule has 3 aromatic carbocycles. The second kappa shape index (κ2) is 9.50. The Kier molecular flexibility index (Phi) is 6.53. The highest BCUT2D eigenvalue weighted by Crippen LogP contribution is 2.32. The first-order chi connectivity index (χ1) is 15.4. The molecule has 162 valence electrons. The molecule has 9 heteroatoms. The number of carbonyl (C=O) groups is 1. The highest BCUT2D eigenvalue weighted by Gasteiger charge is 2.23. The van der Waals surface area contributed by atoms with Gasteiger partial charge in [0.15, 0.2) is 11.0 Å². The van der Waals surface area contributed by atoms with Crippen LogP contribution in [-0.2, 0) is 4.79 Å². The zero-order valence-electron chi connectivity index (χ0n) is 16.8. The van der Waals surface area contributed by atoms with Crippen LogP contribution < -0.4 is 5.32 Å². The van der Waals surface area contributed by atoms with Crippen molar-refractivity contribution in [3.05, 3.63) is 89.5 Å². The molecule has 32 heavy (non-hydrogen) atoms. The van der Waals surface area contributed by atoms with Crippen molar-refractivity contribution in [2.24, 2.45) is 0 Å². The van der Waals surface area contributed by atoms with Crippen molar-refractivity contribution in [1.29, 1.82) is 0 Å². The van der Waals surface area contributed by atoms with E-state index in [1.54, 1.807) is 29.7 Å². The molecule has 0 saturated carbocycles. The number of aromatic nitrogens is 3. The summed E-state index contributed by atoms with van der Waals surface area (Å²) in [4.78, 5) is 12.7. The lowest BCUT2D eigenvalue weighted by Crippen LogP contribution is -2.23. The molecule has 1 aromatic heterocycles. The summed E-state index contributed by atoms with van der Waals surface area (Å²) in [6.45, 7) is 1.70. The topological polar surface area (TPSA) is 59.8 Å². The Morgan fingerprint density at radius 2 is 1.75 bits per heavy atom. The number of hydrogen-bond donors (Lipinski definition) is 1. The van der Waals surface area contributed by atoms with E-state index in [2.05, 4.69) is 15.5 Å². The van der Waals surface area contributed by atoms with Gasteiger partial charge in [-0.15, -0.1) is 10.2 Å². The molecule has 0 radical (unpaired) electrons. The molecule has 1 unspecified atom stereocenters. The smallest absolute Gasteiger partial charge is 0.237 e. The third-order valence-electron chi connectivity index (χ3n) is 4.60. The molecule has 1 heterocycles. The predicted octanol–water partition coefficient (Wildman–Crippen LogP) is 5.99. The third-order valence-corrected chi connectivity index (χ3v) is 5.96. The maximum absolute atomic E-state index is 14.5. The molecule has 0 aliphatic heterocycles. The molecule has 0 aliphatic carbocycles. The minimum Gasteiger partial charge on any atom is -0.324 e. The Hall–Kier alpha value is -3.23. The van der Waals surface area contributed by atoms with Crippen LogP contribution in [0.15, 0.2) is 78.0 Å². The van der Waals surface area contributed by atoms with Gasteiger partial charge in [0.2, 0.25) is 5.91 Å². The van der Waals surface area contributed by atoms with Gasteiger partial charge in [-0.05, 0) is 49.4 Å². The number of hydrogen-bond acceptors (Lipinski definition) is 4. The summed E-state index contributed by atoms with van der Waals surface area (Å²) in [5.41, 5.74) is 1.33. The lowest BCUT2D eigenvalue weighted by atomic mass is 10.2. The van der Waals surface area contributed by atoms with E-state index >= 15 is 0 Å². The predicted molar refractivity (Wildman–Crippen MR) is 122 cm³/mol. The first-order valence-electron chi connectivity index (χ1n) is 9.62. The first kappa shape index (κ1) is 22.0. The zero-order chi connectivity index (χ0) is 22.7. The number of thioether (sulfide) groups is 1. The number of nitrogens with one attached hydrogen (secondary N) is 1. The highest BCUT2D eigenvalue weighted by molar-refractivity contribution is 8.00. The monoisotopic (exact) mass is 470 g/mol. The molecule has 0 spiro atoms. The fourth-order valence-electron chi connectivity index (χ4n) is 3.01. The Bertz CT molecular complexity index is 1270. The molecule has 4 rings (SSSR count). The van der Waals surface area contributed by atoms with E-state index in [-0.39, 0.29) is 10.9 Å². The van der Waals surface area contributed by atoms with Crippen LogP contribution in [0.25, 0.3) is 17.1 Å². The molecule has 0 bridgehead atoms. The van der Waals surface area contributed by atoms with Crippen LogP contribution in [0.4, 0.5) is 14.5 Å². The fourth-order valence-corrected chi connectivity index (χ4v) is 4.09. The van der Waals surface area contributed by atoms with Crippen molar-refractivity contribution in [2.75, 3.05) is 5.32 Å². The van der Waals surface area contributed by atoms with E-state index in [1.165, 1.54) is 18.2 Å². The van der Waals surface area contributed by atoms with E-state index in [0.29, 0.717) is 22.2 Å². The van der Waals surface area contributed by atoms with Crippen molar-refractivity contribution in [1.82, 2.24) is 14.8 Å². The van der Waals surface area contributed by atoms with Gasteiger partial charge < -0.3 is 5.32 Å². The van der Waals surface area contributed by atoms with Gasteiger partial charge in [-0.1, -0.05) is 53.7 Å². The maximum Gasteiger partial charge on any atom is 0.237 e. The van der Waals surface area contributed by atoms with E-state index in [1.807, 2.05) is 30.3 Å². The maximum atomic E-state index is 14.5. The number of anilines is 1. The second-order valence-corrected chi connectivity index (χ2v) is 8.55. The zero-order valence-corrected chi connectivity index (χ0v) is 18.4. The van der Waals surface area contributed by atoms with Crippen LogP contribution in [0.2, 0.25) is 5.02 Å². The van der Waals surface area contributed by atoms with E-state index in [4.69, 9.17) is 11.6 Å². The molecule has 0 fully saturated rings. The normalized spacial score (nSPS) is 11.9. The Balaban J connectivity index is 1.65. The molecule has 0 aliphatic rings. The molecular weight excluding hydrogens is 454 g/mol. The van der Waals surface area contributed by atoms with Crippen LogP contribution >= 0.6 is 23.4 Å². The largest absolute Gasteiger partial charge is 0.324 e. The number of amides is 1. The number of rotatable bonds is 6. The highest BCUT2D eigenvalue weighted by atomic mass is 35.5. The van der Waals surface area contributed by atoms with Gasteiger partial charge in [0.05, 0.1) is 21.5 Å². The Labute approximate surface area is 192 Å². The van der Waals surface area contributed by atoms with Gasteiger partial charge in [0, 0.05) is 5.69 Å². The minimum atomic E-state index is -0.601. The van der Waals surface area contributed by atoms with Gasteiger partial charge in [0.25, 0.3) is 0 Å². The van der Waals surface area contributed by atoms with Gasteiger partial charge in [-0.25, -0.2) is 8.78 Å². The summed E-state index contributed by atoms with van der Waals surface area (Å²) in [6, 6.07) is 19.3. The molecule has 4 aromatic rings. The number of halogens is 3. The van der Waals surface area contributed by atoms with Crippen LogP contribution in [0.3, 0.4) is 0 Å². The van der Waals surface area contributed by atoms with Gasteiger partial charge >= 0.3 is 0 Å². The van der Waals surface area contributed by atoms with Crippen LogP contribution in [0, 0.1) is 11.6 Å². The molecular formula is C23H17ClF2N4OS. The first-order valence-corrected chi connectivity index (χ1v) is 10.9. The standard InChI is InChI=1S/C23H17ClF2N4OS/c1-14(22(31)27-20-12-11-15(25)13-18(20)24)32-23-29-28-21(17-9-5-6-10-19(17)26)30(23)16-7-3-2-4-8-16/h2-14H,1H3,(H,27,31). The summed E-state index contributed by atoms with van der Waals surface area (Å²) in [7, 11) is 0. The van der Waals surface area contributed by atoms with Crippen molar-refractivity contribution in [3.63, 3.8) is 0 Å². The Morgan fingerprint density at radius 3 is 2.47 bits per heavy atom. The summed E-state index contributed by atoms with van der Waals surface area (Å²) in [5, 5.41) is 11.0. The number of benzene rings is 3. The molecule has 1 amide bonds. The minimum absolute atomic E-state index is 0.102. The summed E-state index contributed by atoms with van der Waals surface area (Å²) < 4.78 is 29.5. The average Bonchev–Trinajstić information content (AvgIpc) is 3.19. The van der Waals surface area contributed by atoms with Crippen LogP contribution in [0.1, 0.15) is 6.92 Å².